The second-order valence-electron chi connectivity index (χ2n) is 8.46. The number of anilines is 1. The molecule has 7 heteroatoms. The number of aromatic nitrogens is 2. The van der Waals surface area contributed by atoms with Gasteiger partial charge >= 0.3 is 0 Å². The van der Waals surface area contributed by atoms with Crippen molar-refractivity contribution in [2.45, 2.75) is 46.1 Å². The van der Waals surface area contributed by atoms with Crippen LogP contribution in [-0.4, -0.2) is 39.1 Å². The minimum absolute atomic E-state index is 0.0952. The summed E-state index contributed by atoms with van der Waals surface area (Å²) in [4.78, 5) is 27.0. The molecule has 0 fully saturated rings. The van der Waals surface area contributed by atoms with Crippen LogP contribution in [0.15, 0.2) is 59.2 Å². The quantitative estimate of drug-likeness (QED) is 0.661. The molecule has 1 N–H and O–H groups in total. The molecule has 30 heavy (non-hydrogen) atoms. The van der Waals surface area contributed by atoms with Gasteiger partial charge in [-0.1, -0.05) is 39.0 Å². The normalized spacial score (nSPS) is 11.5. The Bertz CT molecular complexity index is 999. The molecule has 0 saturated heterocycles. The number of amides is 2. The van der Waals surface area contributed by atoms with Crippen molar-refractivity contribution in [1.82, 2.24) is 14.7 Å². The highest BCUT2D eigenvalue weighted by molar-refractivity contribution is 5.98. The molecule has 0 atom stereocenters. The number of hydrogen-bond acceptors (Lipinski definition) is 4. The summed E-state index contributed by atoms with van der Waals surface area (Å²) in [5.41, 5.74) is 1.52. The second kappa shape index (κ2) is 8.57. The van der Waals surface area contributed by atoms with Gasteiger partial charge in [0.05, 0.1) is 17.6 Å². The lowest BCUT2D eigenvalue weighted by molar-refractivity contribution is -0.117. The van der Waals surface area contributed by atoms with Crippen molar-refractivity contribution in [3.8, 4) is 5.69 Å². The fraction of sp³-hybridized carbons (Fsp3) is 0.348. The van der Waals surface area contributed by atoms with Gasteiger partial charge in [-0.25, -0.2) is 4.68 Å². The van der Waals surface area contributed by atoms with Gasteiger partial charge in [-0.05, 0) is 38.1 Å². The SMILES string of the molecule is CC(C)N(CC(=O)Nc1cc(C(C)(C)C)nn1-c1ccccc1)C(=O)c1ccco1. The van der Waals surface area contributed by atoms with Crippen molar-refractivity contribution < 1.29 is 14.0 Å². The van der Waals surface area contributed by atoms with E-state index in [0.717, 1.165) is 11.4 Å². The lowest BCUT2D eigenvalue weighted by atomic mass is 9.92. The van der Waals surface area contributed by atoms with Crippen molar-refractivity contribution in [3.63, 3.8) is 0 Å². The monoisotopic (exact) mass is 408 g/mol. The summed E-state index contributed by atoms with van der Waals surface area (Å²) in [5.74, 6) is 0.143. The highest BCUT2D eigenvalue weighted by Gasteiger charge is 2.25. The highest BCUT2D eigenvalue weighted by Crippen LogP contribution is 2.26. The van der Waals surface area contributed by atoms with E-state index < -0.39 is 0 Å². The van der Waals surface area contributed by atoms with E-state index >= 15 is 0 Å². The third-order valence-corrected chi connectivity index (χ3v) is 4.68. The molecule has 0 bridgehead atoms. The second-order valence-corrected chi connectivity index (χ2v) is 8.46. The van der Waals surface area contributed by atoms with Crippen LogP contribution in [0.3, 0.4) is 0 Å². The first-order valence-corrected chi connectivity index (χ1v) is 9.97. The molecule has 158 valence electrons. The van der Waals surface area contributed by atoms with Crippen LogP contribution in [0.2, 0.25) is 0 Å². The molecule has 3 rings (SSSR count). The van der Waals surface area contributed by atoms with Crippen LogP contribution in [0.1, 0.15) is 50.9 Å². The van der Waals surface area contributed by atoms with E-state index in [0.29, 0.717) is 5.82 Å². The minimum atomic E-state index is -0.322. The third kappa shape index (κ3) is 4.79. The van der Waals surface area contributed by atoms with E-state index in [4.69, 9.17) is 9.52 Å². The number of carbonyl (C=O) groups is 2. The lowest BCUT2D eigenvalue weighted by Crippen LogP contribution is -2.42. The third-order valence-electron chi connectivity index (χ3n) is 4.68. The van der Waals surface area contributed by atoms with Gasteiger partial charge in [0.25, 0.3) is 5.91 Å². The van der Waals surface area contributed by atoms with Crippen LogP contribution in [-0.2, 0) is 10.2 Å². The fourth-order valence-corrected chi connectivity index (χ4v) is 2.97. The van der Waals surface area contributed by atoms with Crippen molar-refractivity contribution in [2.24, 2.45) is 0 Å². The van der Waals surface area contributed by atoms with Gasteiger partial charge in [0.15, 0.2) is 5.76 Å². The Kier molecular flexibility index (Phi) is 6.10. The molecule has 0 aliphatic carbocycles. The molecule has 2 amide bonds. The van der Waals surface area contributed by atoms with E-state index in [9.17, 15) is 9.59 Å². The Morgan fingerprint density at radius 1 is 1.13 bits per heavy atom. The Labute approximate surface area is 176 Å². The predicted octanol–water partition coefficient (Wildman–Crippen LogP) is 4.25. The first-order chi connectivity index (χ1) is 14.2. The van der Waals surface area contributed by atoms with Gasteiger partial charge in [0.1, 0.15) is 12.4 Å². The topological polar surface area (TPSA) is 80.4 Å². The molecule has 0 aliphatic heterocycles. The van der Waals surface area contributed by atoms with Gasteiger partial charge in [-0.15, -0.1) is 0 Å². The van der Waals surface area contributed by atoms with Gasteiger partial charge in [-0.3, -0.25) is 9.59 Å². The van der Waals surface area contributed by atoms with Crippen LogP contribution in [0.4, 0.5) is 5.82 Å². The van der Waals surface area contributed by atoms with Crippen LogP contribution in [0.25, 0.3) is 5.69 Å². The van der Waals surface area contributed by atoms with Gasteiger partial charge in [-0.2, -0.15) is 5.10 Å². The molecule has 1 aromatic carbocycles. The molecule has 2 aromatic heterocycles. The molecule has 7 nitrogen and oxygen atoms in total. The number of furan rings is 1. The molecule has 3 aromatic rings. The van der Waals surface area contributed by atoms with Crippen LogP contribution in [0.5, 0.6) is 0 Å². The summed E-state index contributed by atoms with van der Waals surface area (Å²) < 4.78 is 6.92. The summed E-state index contributed by atoms with van der Waals surface area (Å²) in [6.45, 7) is 9.83. The number of carbonyl (C=O) groups excluding carboxylic acids is 2. The van der Waals surface area contributed by atoms with Crippen molar-refractivity contribution in [2.75, 3.05) is 11.9 Å². The van der Waals surface area contributed by atoms with E-state index in [-0.39, 0.29) is 35.6 Å². The van der Waals surface area contributed by atoms with Crippen molar-refractivity contribution in [1.29, 1.82) is 0 Å². The zero-order chi connectivity index (χ0) is 21.9. The van der Waals surface area contributed by atoms with Gasteiger partial charge in [0, 0.05) is 17.5 Å². The van der Waals surface area contributed by atoms with Crippen molar-refractivity contribution >= 4 is 17.6 Å². The molecular weight excluding hydrogens is 380 g/mol. The Morgan fingerprint density at radius 3 is 2.40 bits per heavy atom. The average Bonchev–Trinajstić information content (AvgIpc) is 3.36. The average molecular weight is 409 g/mol. The standard InChI is InChI=1S/C23H28N4O3/c1-16(2)26(22(29)18-12-9-13-30-18)15-21(28)24-20-14-19(23(3,4)5)25-27(20)17-10-7-6-8-11-17/h6-14,16H,15H2,1-5H3,(H,24,28). The smallest absolute Gasteiger partial charge is 0.290 e. The van der Waals surface area contributed by atoms with Crippen molar-refractivity contribution in [3.05, 3.63) is 66.2 Å². The lowest BCUT2D eigenvalue weighted by Gasteiger charge is -2.25. The van der Waals surface area contributed by atoms with E-state index in [2.05, 4.69) is 26.1 Å². The fourth-order valence-electron chi connectivity index (χ4n) is 2.97. The summed E-state index contributed by atoms with van der Waals surface area (Å²) in [7, 11) is 0. The van der Waals surface area contributed by atoms with Crippen LogP contribution in [0, 0.1) is 0 Å². The first-order valence-electron chi connectivity index (χ1n) is 9.97. The Hall–Kier alpha value is -3.35. The van der Waals surface area contributed by atoms with Crippen LogP contribution < -0.4 is 5.32 Å². The van der Waals surface area contributed by atoms with E-state index in [1.54, 1.807) is 16.8 Å². The Balaban J connectivity index is 1.85. The first kappa shape index (κ1) is 21.4. The number of para-hydroxylation sites is 1. The molecular formula is C23H28N4O3. The van der Waals surface area contributed by atoms with Crippen LogP contribution >= 0.6 is 0 Å². The number of nitrogens with one attached hydrogen (secondary N) is 1. The zero-order valence-electron chi connectivity index (χ0n) is 18.0. The molecule has 0 aliphatic rings. The maximum absolute atomic E-state index is 12.9. The summed E-state index contributed by atoms with van der Waals surface area (Å²) in [6.07, 6.45) is 1.44. The predicted molar refractivity (Wildman–Crippen MR) is 116 cm³/mol. The summed E-state index contributed by atoms with van der Waals surface area (Å²) >= 11 is 0. The molecule has 0 saturated carbocycles. The zero-order valence-corrected chi connectivity index (χ0v) is 18.0. The summed E-state index contributed by atoms with van der Waals surface area (Å²) in [5, 5.41) is 7.63. The summed E-state index contributed by atoms with van der Waals surface area (Å²) in [6, 6.07) is 14.6. The molecule has 2 heterocycles. The largest absolute Gasteiger partial charge is 0.459 e. The van der Waals surface area contributed by atoms with E-state index in [1.165, 1.54) is 11.2 Å². The molecule has 0 radical (unpaired) electrons. The number of benzene rings is 1. The maximum atomic E-state index is 12.9. The van der Waals surface area contributed by atoms with Gasteiger partial charge < -0.3 is 14.6 Å². The molecule has 0 unspecified atom stereocenters. The number of nitrogens with zero attached hydrogens (tertiary/aromatic N) is 3. The minimum Gasteiger partial charge on any atom is -0.459 e. The molecule has 0 spiro atoms. The van der Waals surface area contributed by atoms with Gasteiger partial charge in [0.2, 0.25) is 5.91 Å². The highest BCUT2D eigenvalue weighted by atomic mass is 16.3. The maximum Gasteiger partial charge on any atom is 0.290 e. The Morgan fingerprint density at radius 2 is 1.83 bits per heavy atom. The van der Waals surface area contributed by atoms with E-state index in [1.807, 2.05) is 50.2 Å². The number of rotatable bonds is 6. The number of hydrogen-bond donors (Lipinski definition) is 1.